The fraction of sp³-hybridized carbons (Fsp3) is 0.308. The molecule has 0 saturated carbocycles. The van der Waals surface area contributed by atoms with Crippen molar-refractivity contribution in [1.29, 1.82) is 0 Å². The third kappa shape index (κ3) is 2.34. The second-order valence-corrected chi connectivity index (χ2v) is 4.33. The monoisotopic (exact) mass is 251 g/mol. The molecule has 1 unspecified atom stereocenters. The third-order valence-electron chi connectivity index (χ3n) is 2.92. The van der Waals surface area contributed by atoms with Crippen LogP contribution in [-0.4, -0.2) is 9.78 Å². The van der Waals surface area contributed by atoms with Gasteiger partial charge in [0.2, 0.25) is 0 Å². The van der Waals surface area contributed by atoms with E-state index in [1.807, 2.05) is 13.0 Å². The topological polar surface area (TPSA) is 29.9 Å². The van der Waals surface area contributed by atoms with E-state index in [0.29, 0.717) is 5.56 Å². The molecule has 2 rings (SSSR count). The van der Waals surface area contributed by atoms with Gasteiger partial charge in [-0.1, -0.05) is 0 Å². The number of anilines is 1. The minimum atomic E-state index is -0.456. The molecule has 0 radical (unpaired) electrons. The van der Waals surface area contributed by atoms with Crippen molar-refractivity contribution >= 4 is 5.69 Å². The number of rotatable bonds is 3. The van der Waals surface area contributed by atoms with Gasteiger partial charge in [0.1, 0.15) is 11.6 Å². The lowest BCUT2D eigenvalue weighted by Crippen LogP contribution is -2.12. The van der Waals surface area contributed by atoms with Crippen LogP contribution in [0.5, 0.6) is 0 Å². The lowest BCUT2D eigenvalue weighted by Gasteiger charge is -2.16. The first-order chi connectivity index (χ1) is 8.49. The Hall–Kier alpha value is -1.91. The molecular weight excluding hydrogens is 236 g/mol. The first-order valence-electron chi connectivity index (χ1n) is 5.69. The molecule has 1 atom stereocenters. The van der Waals surface area contributed by atoms with Gasteiger partial charge in [0.15, 0.2) is 0 Å². The van der Waals surface area contributed by atoms with Crippen molar-refractivity contribution in [2.24, 2.45) is 7.05 Å². The summed E-state index contributed by atoms with van der Waals surface area (Å²) in [5, 5.41) is 6.99. The zero-order chi connectivity index (χ0) is 13.3. The van der Waals surface area contributed by atoms with E-state index in [1.54, 1.807) is 17.9 Å². The molecule has 1 aromatic heterocycles. The lowest BCUT2D eigenvalue weighted by molar-refractivity contribution is 0.591. The highest BCUT2D eigenvalue weighted by molar-refractivity contribution is 5.48. The van der Waals surface area contributed by atoms with Crippen LogP contribution in [0.15, 0.2) is 24.4 Å². The quantitative estimate of drug-likeness (QED) is 0.908. The molecular formula is C13H15F2N3. The largest absolute Gasteiger partial charge is 0.375 e. The zero-order valence-electron chi connectivity index (χ0n) is 10.5. The number of hydrogen-bond acceptors (Lipinski definition) is 2. The van der Waals surface area contributed by atoms with Crippen molar-refractivity contribution in [3.05, 3.63) is 47.3 Å². The first-order valence-corrected chi connectivity index (χ1v) is 5.69. The number of halogens is 2. The maximum Gasteiger partial charge on any atom is 0.146 e. The summed E-state index contributed by atoms with van der Waals surface area (Å²) in [5.74, 6) is -0.876. The summed E-state index contributed by atoms with van der Waals surface area (Å²) in [6, 6.07) is 4.04. The molecule has 0 aliphatic rings. The van der Waals surface area contributed by atoms with Gasteiger partial charge in [-0.2, -0.15) is 5.10 Å². The van der Waals surface area contributed by atoms with Crippen LogP contribution in [0.4, 0.5) is 14.5 Å². The maximum atomic E-state index is 13.7. The molecule has 0 amide bonds. The van der Waals surface area contributed by atoms with Gasteiger partial charge in [0.05, 0.1) is 17.4 Å². The van der Waals surface area contributed by atoms with E-state index in [2.05, 4.69) is 10.4 Å². The Morgan fingerprint density at radius 1 is 1.28 bits per heavy atom. The number of benzene rings is 1. The predicted molar refractivity (Wildman–Crippen MR) is 66.3 cm³/mol. The Morgan fingerprint density at radius 3 is 2.61 bits per heavy atom. The van der Waals surface area contributed by atoms with Crippen molar-refractivity contribution in [3.8, 4) is 0 Å². The van der Waals surface area contributed by atoms with Gasteiger partial charge in [-0.3, -0.25) is 4.68 Å². The minimum absolute atomic E-state index is 0.158. The van der Waals surface area contributed by atoms with Crippen molar-refractivity contribution < 1.29 is 8.78 Å². The highest BCUT2D eigenvalue weighted by atomic mass is 19.1. The summed E-state index contributed by atoms with van der Waals surface area (Å²) in [7, 11) is 1.81. The molecule has 18 heavy (non-hydrogen) atoms. The van der Waals surface area contributed by atoms with Gasteiger partial charge in [-0.05, 0) is 31.5 Å². The number of nitrogens with one attached hydrogen (secondary N) is 1. The Kier molecular flexibility index (Phi) is 3.32. The number of aromatic nitrogens is 2. The van der Waals surface area contributed by atoms with Crippen molar-refractivity contribution in [1.82, 2.24) is 9.78 Å². The molecule has 0 bridgehead atoms. The Balaban J connectivity index is 2.24. The van der Waals surface area contributed by atoms with Crippen molar-refractivity contribution in [3.63, 3.8) is 0 Å². The molecule has 0 fully saturated rings. The highest BCUT2D eigenvalue weighted by Gasteiger charge is 2.13. The average molecular weight is 251 g/mol. The molecule has 1 aromatic carbocycles. The lowest BCUT2D eigenvalue weighted by atomic mass is 10.1. The molecule has 5 heteroatoms. The van der Waals surface area contributed by atoms with Crippen molar-refractivity contribution in [2.75, 3.05) is 5.32 Å². The summed E-state index contributed by atoms with van der Waals surface area (Å²) in [6.07, 6.45) is 1.67. The molecule has 3 nitrogen and oxygen atoms in total. The molecule has 1 N–H and O–H groups in total. The molecule has 0 saturated heterocycles. The van der Waals surface area contributed by atoms with Crippen LogP contribution in [0.3, 0.4) is 0 Å². The van der Waals surface area contributed by atoms with Crippen LogP contribution in [0.2, 0.25) is 0 Å². The summed E-state index contributed by atoms with van der Waals surface area (Å²) in [5.41, 5.74) is 1.36. The second kappa shape index (κ2) is 4.76. The molecule has 0 spiro atoms. The summed E-state index contributed by atoms with van der Waals surface area (Å²) in [6.45, 7) is 3.40. The van der Waals surface area contributed by atoms with Crippen LogP contribution in [-0.2, 0) is 7.05 Å². The summed E-state index contributed by atoms with van der Waals surface area (Å²) in [4.78, 5) is 0. The highest BCUT2D eigenvalue weighted by Crippen LogP contribution is 2.23. The van der Waals surface area contributed by atoms with Crippen LogP contribution in [0.25, 0.3) is 0 Å². The van der Waals surface area contributed by atoms with E-state index in [0.717, 1.165) is 5.69 Å². The van der Waals surface area contributed by atoms with Gasteiger partial charge in [-0.25, -0.2) is 8.78 Å². The molecule has 96 valence electrons. The smallest absolute Gasteiger partial charge is 0.146 e. The number of nitrogens with zero attached hydrogens (tertiary/aromatic N) is 2. The summed E-state index contributed by atoms with van der Waals surface area (Å²) < 4.78 is 28.8. The molecule has 0 aliphatic heterocycles. The van der Waals surface area contributed by atoms with Crippen LogP contribution in [0.1, 0.15) is 24.2 Å². The van der Waals surface area contributed by atoms with E-state index in [1.165, 1.54) is 19.1 Å². The van der Waals surface area contributed by atoms with Gasteiger partial charge >= 0.3 is 0 Å². The minimum Gasteiger partial charge on any atom is -0.375 e. The van der Waals surface area contributed by atoms with Crippen LogP contribution in [0, 0.1) is 18.6 Å². The predicted octanol–water partition coefficient (Wildman–Crippen LogP) is 3.18. The normalized spacial score (nSPS) is 12.5. The third-order valence-corrected chi connectivity index (χ3v) is 2.92. The van der Waals surface area contributed by atoms with Gasteiger partial charge in [0, 0.05) is 19.3 Å². The second-order valence-electron chi connectivity index (χ2n) is 4.33. The van der Waals surface area contributed by atoms with Crippen LogP contribution < -0.4 is 5.32 Å². The van der Waals surface area contributed by atoms with Gasteiger partial charge in [-0.15, -0.1) is 0 Å². The Bertz CT molecular complexity index is 563. The standard InChI is InChI=1S/C13H15F2N3/c1-8-6-11(15)12(7-10(8)14)17-9(2)13-4-5-16-18(13)3/h4-7,9,17H,1-3H3. The fourth-order valence-corrected chi connectivity index (χ4v) is 1.87. The van der Waals surface area contributed by atoms with E-state index < -0.39 is 11.6 Å². The number of aryl methyl sites for hydroxylation is 2. The SMILES string of the molecule is Cc1cc(F)c(NC(C)c2ccnn2C)cc1F. The molecule has 0 aliphatic carbocycles. The van der Waals surface area contributed by atoms with Crippen molar-refractivity contribution in [2.45, 2.75) is 19.9 Å². The molecule has 2 aromatic rings. The number of hydrogen-bond donors (Lipinski definition) is 1. The summed E-state index contributed by atoms with van der Waals surface area (Å²) >= 11 is 0. The van der Waals surface area contributed by atoms with Gasteiger partial charge in [0.25, 0.3) is 0 Å². The van der Waals surface area contributed by atoms with E-state index in [9.17, 15) is 8.78 Å². The molecule has 1 heterocycles. The Morgan fingerprint density at radius 2 is 2.00 bits per heavy atom. The van der Waals surface area contributed by atoms with E-state index in [4.69, 9.17) is 0 Å². The first kappa shape index (κ1) is 12.5. The van der Waals surface area contributed by atoms with E-state index in [-0.39, 0.29) is 11.7 Å². The van der Waals surface area contributed by atoms with E-state index >= 15 is 0 Å². The zero-order valence-corrected chi connectivity index (χ0v) is 10.5. The fourth-order valence-electron chi connectivity index (χ4n) is 1.87. The Labute approximate surface area is 104 Å². The van der Waals surface area contributed by atoms with Crippen LogP contribution >= 0.6 is 0 Å². The van der Waals surface area contributed by atoms with Gasteiger partial charge < -0.3 is 5.32 Å². The maximum absolute atomic E-state index is 13.7. The average Bonchev–Trinajstić information content (AvgIpc) is 2.72.